The summed E-state index contributed by atoms with van der Waals surface area (Å²) in [7, 11) is 0. The molecule has 0 spiro atoms. The van der Waals surface area contributed by atoms with Crippen LogP contribution in [0.25, 0.3) is 0 Å². The first-order valence-electron chi connectivity index (χ1n) is 5.40. The fraction of sp³-hybridized carbons (Fsp3) is 0.231. The lowest BCUT2D eigenvalue weighted by molar-refractivity contribution is 0.849. The van der Waals surface area contributed by atoms with Crippen molar-refractivity contribution in [2.75, 3.05) is 0 Å². The third kappa shape index (κ3) is 2.25. The van der Waals surface area contributed by atoms with Gasteiger partial charge in [0.25, 0.3) is 0 Å². The van der Waals surface area contributed by atoms with E-state index in [1.54, 1.807) is 12.4 Å². The van der Waals surface area contributed by atoms with Crippen molar-refractivity contribution in [1.29, 1.82) is 0 Å². The molecule has 2 N–H and O–H groups in total. The Bertz CT molecular complexity index is 436. The van der Waals surface area contributed by atoms with E-state index >= 15 is 0 Å². The average molecular weight is 213 g/mol. The summed E-state index contributed by atoms with van der Waals surface area (Å²) in [6.07, 6.45) is 6.07. The molecular weight excluding hydrogens is 198 g/mol. The van der Waals surface area contributed by atoms with Gasteiger partial charge in [-0.05, 0) is 17.5 Å². The molecule has 0 aliphatic heterocycles. The van der Waals surface area contributed by atoms with Gasteiger partial charge in [0.2, 0.25) is 0 Å². The van der Waals surface area contributed by atoms with E-state index in [1.165, 1.54) is 11.9 Å². The molecule has 2 aromatic rings. The van der Waals surface area contributed by atoms with Crippen LogP contribution >= 0.6 is 0 Å². The number of nitrogens with two attached hydrogens (primary N) is 1. The second kappa shape index (κ2) is 4.86. The minimum Gasteiger partial charge on any atom is -0.320 e. The Kier molecular flexibility index (Phi) is 3.27. The number of rotatable bonds is 3. The van der Waals surface area contributed by atoms with Crippen molar-refractivity contribution in [2.45, 2.75) is 19.4 Å². The molecule has 3 heteroatoms. The topological polar surface area (TPSA) is 51.8 Å². The van der Waals surface area contributed by atoms with Gasteiger partial charge in [-0.3, -0.25) is 0 Å². The van der Waals surface area contributed by atoms with Crippen molar-refractivity contribution in [2.24, 2.45) is 5.73 Å². The Morgan fingerprint density at radius 3 is 2.25 bits per heavy atom. The molecule has 3 nitrogen and oxygen atoms in total. The largest absolute Gasteiger partial charge is 0.320 e. The van der Waals surface area contributed by atoms with E-state index < -0.39 is 0 Å². The normalized spacial score (nSPS) is 12.4. The number of nitrogens with zero attached hydrogens (tertiary/aromatic N) is 2. The highest BCUT2D eigenvalue weighted by Crippen LogP contribution is 2.18. The first-order valence-corrected chi connectivity index (χ1v) is 5.40. The fourth-order valence-electron chi connectivity index (χ4n) is 1.62. The molecule has 1 heterocycles. The van der Waals surface area contributed by atoms with Crippen LogP contribution in [0.15, 0.2) is 43.0 Å². The summed E-state index contributed by atoms with van der Waals surface area (Å²) in [6.45, 7) is 2.14. The number of hydrogen-bond acceptors (Lipinski definition) is 3. The van der Waals surface area contributed by atoms with Gasteiger partial charge in [-0.15, -0.1) is 0 Å². The summed E-state index contributed by atoms with van der Waals surface area (Å²) >= 11 is 0. The zero-order valence-corrected chi connectivity index (χ0v) is 9.30. The highest BCUT2D eigenvalue weighted by molar-refractivity contribution is 5.30. The van der Waals surface area contributed by atoms with Crippen molar-refractivity contribution >= 4 is 0 Å². The summed E-state index contributed by atoms with van der Waals surface area (Å²) in [5, 5.41) is 0. The van der Waals surface area contributed by atoms with E-state index in [0.29, 0.717) is 0 Å². The number of hydrogen-bond donors (Lipinski definition) is 1. The predicted molar refractivity (Wildman–Crippen MR) is 63.9 cm³/mol. The van der Waals surface area contributed by atoms with Crippen molar-refractivity contribution < 1.29 is 0 Å². The molecule has 16 heavy (non-hydrogen) atoms. The van der Waals surface area contributed by atoms with Crippen molar-refractivity contribution in [3.63, 3.8) is 0 Å². The van der Waals surface area contributed by atoms with Gasteiger partial charge in [0.15, 0.2) is 0 Å². The molecule has 0 aliphatic carbocycles. The van der Waals surface area contributed by atoms with Gasteiger partial charge in [-0.2, -0.15) is 0 Å². The summed E-state index contributed by atoms with van der Waals surface area (Å²) < 4.78 is 0. The first-order chi connectivity index (χ1) is 7.81. The fourth-order valence-corrected chi connectivity index (χ4v) is 1.62. The van der Waals surface area contributed by atoms with Crippen LogP contribution in [0.5, 0.6) is 0 Å². The van der Waals surface area contributed by atoms with Crippen LogP contribution in [0, 0.1) is 0 Å². The van der Waals surface area contributed by atoms with E-state index in [9.17, 15) is 0 Å². The first kappa shape index (κ1) is 10.8. The van der Waals surface area contributed by atoms with Crippen LogP contribution in [0.1, 0.15) is 29.7 Å². The van der Waals surface area contributed by atoms with Crippen LogP contribution in [-0.4, -0.2) is 9.97 Å². The monoisotopic (exact) mass is 213 g/mol. The minimum atomic E-state index is -0.146. The predicted octanol–water partition coefficient (Wildman–Crippen LogP) is 2.09. The van der Waals surface area contributed by atoms with Crippen molar-refractivity contribution in [1.82, 2.24) is 9.97 Å². The van der Waals surface area contributed by atoms with Crippen LogP contribution in [0.4, 0.5) is 0 Å². The average Bonchev–Trinajstić information content (AvgIpc) is 2.39. The summed E-state index contributed by atoms with van der Waals surface area (Å²) in [6, 6.07) is 8.21. The lowest BCUT2D eigenvalue weighted by Gasteiger charge is -2.11. The van der Waals surface area contributed by atoms with Crippen molar-refractivity contribution in [3.05, 3.63) is 59.7 Å². The molecule has 0 radical (unpaired) electrons. The Labute approximate surface area is 95.4 Å². The molecule has 0 saturated heterocycles. The van der Waals surface area contributed by atoms with E-state index in [1.807, 2.05) is 0 Å². The Hall–Kier alpha value is -1.74. The second-order valence-electron chi connectivity index (χ2n) is 3.74. The molecule has 2 rings (SSSR count). The van der Waals surface area contributed by atoms with Crippen molar-refractivity contribution in [3.8, 4) is 0 Å². The van der Waals surface area contributed by atoms with Gasteiger partial charge >= 0.3 is 0 Å². The molecule has 0 fully saturated rings. The minimum absolute atomic E-state index is 0.146. The summed E-state index contributed by atoms with van der Waals surface area (Å²) in [5.74, 6) is 0. The quantitative estimate of drug-likeness (QED) is 0.849. The maximum Gasteiger partial charge on any atom is 0.115 e. The molecule has 1 unspecified atom stereocenters. The molecular formula is C13H15N3. The van der Waals surface area contributed by atoms with Crippen LogP contribution in [0.2, 0.25) is 0 Å². The van der Waals surface area contributed by atoms with Crippen LogP contribution in [-0.2, 0) is 6.42 Å². The van der Waals surface area contributed by atoms with Gasteiger partial charge in [0.1, 0.15) is 6.33 Å². The van der Waals surface area contributed by atoms with Gasteiger partial charge in [0.05, 0.1) is 6.04 Å². The standard InChI is InChI=1S/C13H15N3/c1-2-10-3-5-11(6-4-10)13(14)12-7-15-9-16-8-12/h3-9,13H,2,14H2,1H3. The van der Waals surface area contributed by atoms with Gasteiger partial charge in [-0.25, -0.2) is 9.97 Å². The smallest absolute Gasteiger partial charge is 0.115 e. The van der Waals surface area contributed by atoms with Gasteiger partial charge in [0, 0.05) is 18.0 Å². The maximum atomic E-state index is 6.13. The highest BCUT2D eigenvalue weighted by Gasteiger charge is 2.08. The SMILES string of the molecule is CCc1ccc(C(N)c2cncnc2)cc1. The molecule has 0 bridgehead atoms. The number of aryl methyl sites for hydroxylation is 1. The number of benzene rings is 1. The Balaban J connectivity index is 2.24. The molecule has 1 atom stereocenters. The molecule has 1 aromatic carbocycles. The second-order valence-corrected chi connectivity index (χ2v) is 3.74. The maximum absolute atomic E-state index is 6.13. The zero-order valence-electron chi connectivity index (χ0n) is 9.30. The zero-order chi connectivity index (χ0) is 11.4. The van der Waals surface area contributed by atoms with E-state index in [4.69, 9.17) is 5.73 Å². The third-order valence-electron chi connectivity index (χ3n) is 2.69. The van der Waals surface area contributed by atoms with E-state index in [2.05, 4.69) is 41.2 Å². The molecule has 82 valence electrons. The lowest BCUT2D eigenvalue weighted by atomic mass is 10.0. The highest BCUT2D eigenvalue weighted by atomic mass is 14.8. The van der Waals surface area contributed by atoms with Gasteiger partial charge in [-0.1, -0.05) is 31.2 Å². The molecule has 0 aliphatic rings. The van der Waals surface area contributed by atoms with Crippen LogP contribution in [0.3, 0.4) is 0 Å². The molecule has 0 amide bonds. The summed E-state index contributed by atoms with van der Waals surface area (Å²) in [4.78, 5) is 7.95. The Morgan fingerprint density at radius 1 is 1.06 bits per heavy atom. The molecule has 0 saturated carbocycles. The summed E-state index contributed by atoms with van der Waals surface area (Å²) in [5.41, 5.74) is 9.47. The molecule has 1 aromatic heterocycles. The Morgan fingerprint density at radius 2 is 1.69 bits per heavy atom. The van der Waals surface area contributed by atoms with E-state index in [-0.39, 0.29) is 6.04 Å². The third-order valence-corrected chi connectivity index (χ3v) is 2.69. The van der Waals surface area contributed by atoms with E-state index in [0.717, 1.165) is 17.5 Å². The van der Waals surface area contributed by atoms with Crippen LogP contribution < -0.4 is 5.73 Å². The lowest BCUT2D eigenvalue weighted by Crippen LogP contribution is -2.12. The van der Waals surface area contributed by atoms with Gasteiger partial charge < -0.3 is 5.73 Å². The number of aromatic nitrogens is 2.